The SMILES string of the molecule is COCCCNCCN1CCCC(C(C)C)CC1. The molecular formula is C15H32N2O. The molecule has 0 radical (unpaired) electrons. The fourth-order valence-electron chi connectivity index (χ4n) is 2.78. The van der Waals surface area contributed by atoms with E-state index in [-0.39, 0.29) is 0 Å². The van der Waals surface area contributed by atoms with Crippen molar-refractivity contribution in [3.63, 3.8) is 0 Å². The number of hydrogen-bond acceptors (Lipinski definition) is 3. The highest BCUT2D eigenvalue weighted by molar-refractivity contribution is 4.72. The molecule has 0 saturated carbocycles. The number of likely N-dealkylation sites (tertiary alicyclic amines) is 1. The second kappa shape index (κ2) is 9.76. The molecule has 0 amide bonds. The van der Waals surface area contributed by atoms with Gasteiger partial charge in [-0.1, -0.05) is 13.8 Å². The minimum absolute atomic E-state index is 0.858. The Kier molecular flexibility index (Phi) is 8.64. The van der Waals surface area contributed by atoms with Gasteiger partial charge in [0.15, 0.2) is 0 Å². The van der Waals surface area contributed by atoms with Gasteiger partial charge in [0.1, 0.15) is 0 Å². The topological polar surface area (TPSA) is 24.5 Å². The summed E-state index contributed by atoms with van der Waals surface area (Å²) in [6.07, 6.45) is 5.31. The van der Waals surface area contributed by atoms with Crippen molar-refractivity contribution in [2.24, 2.45) is 11.8 Å². The van der Waals surface area contributed by atoms with Crippen LogP contribution in [-0.2, 0) is 4.74 Å². The standard InChI is InChI=1S/C15H32N2O/c1-14(2)15-6-4-10-17(11-7-15)12-9-16-8-5-13-18-3/h14-16H,4-13H2,1-3H3. The van der Waals surface area contributed by atoms with Crippen LogP contribution in [0, 0.1) is 11.8 Å². The summed E-state index contributed by atoms with van der Waals surface area (Å²) in [7, 11) is 1.77. The highest BCUT2D eigenvalue weighted by Crippen LogP contribution is 2.24. The van der Waals surface area contributed by atoms with Gasteiger partial charge in [0.05, 0.1) is 0 Å². The molecule has 0 aromatic carbocycles. The molecule has 1 fully saturated rings. The van der Waals surface area contributed by atoms with Gasteiger partial charge in [0.2, 0.25) is 0 Å². The summed E-state index contributed by atoms with van der Waals surface area (Å²) in [5, 5.41) is 3.50. The molecule has 1 saturated heterocycles. The summed E-state index contributed by atoms with van der Waals surface area (Å²) < 4.78 is 5.04. The van der Waals surface area contributed by atoms with E-state index in [0.717, 1.165) is 38.0 Å². The Bertz CT molecular complexity index is 197. The minimum atomic E-state index is 0.858. The summed E-state index contributed by atoms with van der Waals surface area (Å²) in [5.41, 5.74) is 0. The van der Waals surface area contributed by atoms with E-state index in [0.29, 0.717) is 0 Å². The summed E-state index contributed by atoms with van der Waals surface area (Å²) in [6.45, 7) is 11.6. The highest BCUT2D eigenvalue weighted by Gasteiger charge is 2.18. The molecule has 0 aromatic rings. The summed E-state index contributed by atoms with van der Waals surface area (Å²) in [4.78, 5) is 2.63. The molecule has 1 rings (SSSR count). The number of ether oxygens (including phenoxy) is 1. The summed E-state index contributed by atoms with van der Waals surface area (Å²) >= 11 is 0. The van der Waals surface area contributed by atoms with Gasteiger partial charge < -0.3 is 15.0 Å². The minimum Gasteiger partial charge on any atom is -0.385 e. The Morgan fingerprint density at radius 3 is 2.78 bits per heavy atom. The van der Waals surface area contributed by atoms with Gasteiger partial charge in [-0.3, -0.25) is 0 Å². The van der Waals surface area contributed by atoms with Crippen LogP contribution in [-0.4, -0.2) is 51.3 Å². The normalized spacial score (nSPS) is 22.3. The van der Waals surface area contributed by atoms with Crippen LogP contribution in [0.15, 0.2) is 0 Å². The summed E-state index contributed by atoms with van der Waals surface area (Å²) in [5.74, 6) is 1.81. The van der Waals surface area contributed by atoms with Crippen molar-refractivity contribution in [1.82, 2.24) is 10.2 Å². The third kappa shape index (κ3) is 6.72. The van der Waals surface area contributed by atoms with Crippen LogP contribution >= 0.6 is 0 Å². The van der Waals surface area contributed by atoms with Gasteiger partial charge in [0, 0.05) is 26.8 Å². The van der Waals surface area contributed by atoms with Gasteiger partial charge in [-0.05, 0) is 57.2 Å². The van der Waals surface area contributed by atoms with Crippen LogP contribution in [0.5, 0.6) is 0 Å². The van der Waals surface area contributed by atoms with E-state index in [1.54, 1.807) is 7.11 Å². The van der Waals surface area contributed by atoms with Crippen LogP contribution in [0.2, 0.25) is 0 Å². The highest BCUT2D eigenvalue weighted by atomic mass is 16.5. The zero-order valence-electron chi connectivity index (χ0n) is 12.6. The van der Waals surface area contributed by atoms with Gasteiger partial charge in [-0.25, -0.2) is 0 Å². The second-order valence-corrected chi connectivity index (χ2v) is 5.87. The van der Waals surface area contributed by atoms with E-state index in [1.807, 2.05) is 0 Å². The number of methoxy groups -OCH3 is 1. The van der Waals surface area contributed by atoms with Crippen molar-refractivity contribution in [2.75, 3.05) is 46.4 Å². The first-order valence-electron chi connectivity index (χ1n) is 7.66. The Hall–Kier alpha value is -0.120. The third-order valence-electron chi connectivity index (χ3n) is 4.12. The lowest BCUT2D eigenvalue weighted by Gasteiger charge is -2.21. The molecule has 1 heterocycles. The molecule has 1 unspecified atom stereocenters. The maximum atomic E-state index is 5.04. The van der Waals surface area contributed by atoms with Crippen molar-refractivity contribution in [2.45, 2.75) is 39.5 Å². The number of nitrogens with one attached hydrogen (secondary N) is 1. The van der Waals surface area contributed by atoms with E-state index in [9.17, 15) is 0 Å². The van der Waals surface area contributed by atoms with Gasteiger partial charge >= 0.3 is 0 Å². The molecule has 1 atom stereocenters. The smallest absolute Gasteiger partial charge is 0.0474 e. The van der Waals surface area contributed by atoms with Gasteiger partial charge in [0.25, 0.3) is 0 Å². The Labute approximate surface area is 113 Å². The predicted molar refractivity (Wildman–Crippen MR) is 78.0 cm³/mol. The van der Waals surface area contributed by atoms with Crippen LogP contribution in [0.3, 0.4) is 0 Å². The van der Waals surface area contributed by atoms with E-state index < -0.39 is 0 Å². The molecule has 1 N–H and O–H groups in total. The Balaban J connectivity index is 2.05. The average molecular weight is 256 g/mol. The molecule has 108 valence electrons. The first kappa shape index (κ1) is 15.9. The van der Waals surface area contributed by atoms with E-state index in [4.69, 9.17) is 4.74 Å². The number of nitrogens with zero attached hydrogens (tertiary/aromatic N) is 1. The van der Waals surface area contributed by atoms with Crippen LogP contribution < -0.4 is 5.32 Å². The second-order valence-electron chi connectivity index (χ2n) is 5.87. The zero-order valence-corrected chi connectivity index (χ0v) is 12.6. The van der Waals surface area contributed by atoms with Crippen molar-refractivity contribution < 1.29 is 4.74 Å². The number of hydrogen-bond donors (Lipinski definition) is 1. The average Bonchev–Trinajstić information content (AvgIpc) is 2.59. The monoisotopic (exact) mass is 256 g/mol. The molecule has 1 aliphatic rings. The largest absolute Gasteiger partial charge is 0.385 e. The quantitative estimate of drug-likeness (QED) is 0.675. The molecule has 0 spiro atoms. The summed E-state index contributed by atoms with van der Waals surface area (Å²) in [6, 6.07) is 0. The lowest BCUT2D eigenvalue weighted by Crippen LogP contribution is -2.33. The van der Waals surface area contributed by atoms with Gasteiger partial charge in [-0.2, -0.15) is 0 Å². The first-order valence-corrected chi connectivity index (χ1v) is 7.66. The maximum absolute atomic E-state index is 5.04. The molecule has 3 nitrogen and oxygen atoms in total. The van der Waals surface area contributed by atoms with E-state index in [2.05, 4.69) is 24.1 Å². The molecular weight excluding hydrogens is 224 g/mol. The first-order chi connectivity index (χ1) is 8.74. The predicted octanol–water partition coefficient (Wildman–Crippen LogP) is 2.37. The lowest BCUT2D eigenvalue weighted by atomic mass is 9.89. The number of rotatable bonds is 8. The Morgan fingerprint density at radius 1 is 1.22 bits per heavy atom. The lowest BCUT2D eigenvalue weighted by molar-refractivity contribution is 0.193. The molecule has 3 heteroatoms. The fourth-order valence-corrected chi connectivity index (χ4v) is 2.78. The molecule has 0 bridgehead atoms. The van der Waals surface area contributed by atoms with Gasteiger partial charge in [-0.15, -0.1) is 0 Å². The van der Waals surface area contributed by atoms with E-state index in [1.165, 1.54) is 38.9 Å². The van der Waals surface area contributed by atoms with Crippen LogP contribution in [0.1, 0.15) is 39.5 Å². The molecule has 0 aliphatic carbocycles. The van der Waals surface area contributed by atoms with Crippen LogP contribution in [0.4, 0.5) is 0 Å². The maximum Gasteiger partial charge on any atom is 0.0474 e. The fraction of sp³-hybridized carbons (Fsp3) is 1.00. The van der Waals surface area contributed by atoms with Crippen molar-refractivity contribution in [3.8, 4) is 0 Å². The zero-order chi connectivity index (χ0) is 13.2. The van der Waals surface area contributed by atoms with E-state index >= 15 is 0 Å². The Morgan fingerprint density at radius 2 is 2.06 bits per heavy atom. The van der Waals surface area contributed by atoms with Crippen LogP contribution in [0.25, 0.3) is 0 Å². The van der Waals surface area contributed by atoms with Crippen molar-refractivity contribution >= 4 is 0 Å². The molecule has 0 aromatic heterocycles. The van der Waals surface area contributed by atoms with Crippen molar-refractivity contribution in [3.05, 3.63) is 0 Å². The third-order valence-corrected chi connectivity index (χ3v) is 4.12. The molecule has 1 aliphatic heterocycles. The van der Waals surface area contributed by atoms with Crippen molar-refractivity contribution in [1.29, 1.82) is 0 Å². The molecule has 18 heavy (non-hydrogen) atoms.